The molecule has 3 aromatic carbocycles. The molecule has 0 fully saturated rings. The summed E-state index contributed by atoms with van der Waals surface area (Å²) < 4.78 is 27.5. The molecule has 0 heterocycles. The van der Waals surface area contributed by atoms with Gasteiger partial charge >= 0.3 is 0 Å². The van der Waals surface area contributed by atoms with Gasteiger partial charge in [0.05, 0.1) is 4.90 Å². The van der Waals surface area contributed by atoms with E-state index >= 15 is 0 Å². The fourth-order valence-corrected chi connectivity index (χ4v) is 3.58. The number of sulfonamides is 1. The molecule has 0 saturated carbocycles. The highest BCUT2D eigenvalue weighted by Crippen LogP contribution is 2.20. The van der Waals surface area contributed by atoms with Gasteiger partial charge in [-0.3, -0.25) is 4.72 Å². The molecule has 1 N–H and O–H groups in total. The van der Waals surface area contributed by atoms with Gasteiger partial charge in [0.1, 0.15) is 0 Å². The van der Waals surface area contributed by atoms with Crippen LogP contribution in [0, 0.1) is 0 Å². The van der Waals surface area contributed by atoms with E-state index in [4.69, 9.17) is 11.6 Å². The summed E-state index contributed by atoms with van der Waals surface area (Å²) in [5.41, 5.74) is 2.76. The van der Waals surface area contributed by atoms with Gasteiger partial charge in [-0.15, -0.1) is 0 Å². The summed E-state index contributed by atoms with van der Waals surface area (Å²) in [6.07, 6.45) is 0.747. The van der Waals surface area contributed by atoms with Crippen molar-refractivity contribution in [2.45, 2.75) is 11.3 Å². The van der Waals surface area contributed by atoms with Gasteiger partial charge in [0.15, 0.2) is 0 Å². The second kappa shape index (κ2) is 7.07. The highest BCUT2D eigenvalue weighted by molar-refractivity contribution is 7.92. The van der Waals surface area contributed by atoms with Gasteiger partial charge in [0, 0.05) is 10.7 Å². The maximum Gasteiger partial charge on any atom is 0.261 e. The molecular formula is C19H16ClNO2S. The lowest BCUT2D eigenvalue weighted by Gasteiger charge is -2.10. The lowest BCUT2D eigenvalue weighted by molar-refractivity contribution is 0.601. The Morgan fingerprint density at radius 2 is 1.46 bits per heavy atom. The predicted octanol–water partition coefficient (Wildman–Crippen LogP) is 4.73. The highest BCUT2D eigenvalue weighted by atomic mass is 35.5. The number of hydrogen-bond acceptors (Lipinski definition) is 2. The van der Waals surface area contributed by atoms with Crippen molar-refractivity contribution in [2.24, 2.45) is 0 Å². The van der Waals surface area contributed by atoms with E-state index in [1.165, 1.54) is 17.7 Å². The quantitative estimate of drug-likeness (QED) is 0.717. The van der Waals surface area contributed by atoms with E-state index < -0.39 is 10.0 Å². The smallest absolute Gasteiger partial charge is 0.261 e. The normalized spacial score (nSPS) is 11.2. The van der Waals surface area contributed by atoms with Gasteiger partial charge in [-0.25, -0.2) is 8.42 Å². The predicted molar refractivity (Wildman–Crippen MR) is 98.0 cm³/mol. The monoisotopic (exact) mass is 357 g/mol. The Hall–Kier alpha value is -2.30. The summed E-state index contributed by atoms with van der Waals surface area (Å²) in [5, 5.41) is 0.499. The summed E-state index contributed by atoms with van der Waals surface area (Å²) in [5.74, 6) is 0. The van der Waals surface area contributed by atoms with Gasteiger partial charge in [0.25, 0.3) is 10.0 Å². The topological polar surface area (TPSA) is 46.2 Å². The molecule has 0 saturated heterocycles. The van der Waals surface area contributed by atoms with Crippen LogP contribution >= 0.6 is 11.6 Å². The molecule has 3 aromatic rings. The minimum absolute atomic E-state index is 0.181. The standard InChI is InChI=1S/C19H16ClNO2S/c20-17-9-11-19(12-10-17)24(22,23)21-18-8-4-7-16(14-18)13-15-5-2-1-3-6-15/h1-12,14,21H,13H2. The van der Waals surface area contributed by atoms with Crippen LogP contribution in [0.2, 0.25) is 5.02 Å². The number of hydrogen-bond donors (Lipinski definition) is 1. The van der Waals surface area contributed by atoms with Crippen molar-refractivity contribution >= 4 is 27.3 Å². The summed E-state index contributed by atoms with van der Waals surface area (Å²) in [7, 11) is -3.63. The zero-order valence-corrected chi connectivity index (χ0v) is 14.4. The first kappa shape index (κ1) is 16.6. The van der Waals surface area contributed by atoms with Crippen molar-refractivity contribution in [1.82, 2.24) is 0 Å². The largest absolute Gasteiger partial charge is 0.280 e. The molecule has 0 amide bonds. The number of benzene rings is 3. The van der Waals surface area contributed by atoms with Crippen molar-refractivity contribution in [1.29, 1.82) is 0 Å². The van der Waals surface area contributed by atoms with Gasteiger partial charge in [-0.1, -0.05) is 54.1 Å². The van der Waals surface area contributed by atoms with E-state index in [0.717, 1.165) is 12.0 Å². The van der Waals surface area contributed by atoms with Crippen molar-refractivity contribution in [3.63, 3.8) is 0 Å². The zero-order chi connectivity index (χ0) is 17.0. The third kappa shape index (κ3) is 4.16. The molecule has 0 atom stereocenters. The first-order chi connectivity index (χ1) is 11.5. The van der Waals surface area contributed by atoms with Crippen molar-refractivity contribution in [2.75, 3.05) is 4.72 Å². The van der Waals surface area contributed by atoms with E-state index in [1.807, 2.05) is 48.5 Å². The fourth-order valence-electron chi connectivity index (χ4n) is 2.40. The molecule has 3 nitrogen and oxygen atoms in total. The Bertz CT molecular complexity index is 923. The zero-order valence-electron chi connectivity index (χ0n) is 12.8. The van der Waals surface area contributed by atoms with Crippen LogP contribution in [0.4, 0.5) is 5.69 Å². The molecule has 0 aromatic heterocycles. The van der Waals surface area contributed by atoms with E-state index in [1.54, 1.807) is 18.2 Å². The molecule has 0 bridgehead atoms. The van der Waals surface area contributed by atoms with Crippen LogP contribution in [0.25, 0.3) is 0 Å². The Morgan fingerprint density at radius 3 is 2.17 bits per heavy atom. The van der Waals surface area contributed by atoms with Crippen molar-refractivity contribution in [3.05, 3.63) is 95.0 Å². The Kier molecular flexibility index (Phi) is 4.88. The lowest BCUT2D eigenvalue weighted by Crippen LogP contribution is -2.12. The highest BCUT2D eigenvalue weighted by Gasteiger charge is 2.14. The Morgan fingerprint density at radius 1 is 0.792 bits per heavy atom. The molecular weight excluding hydrogens is 342 g/mol. The van der Waals surface area contributed by atoms with Crippen LogP contribution in [0.1, 0.15) is 11.1 Å². The van der Waals surface area contributed by atoms with Crippen molar-refractivity contribution < 1.29 is 8.42 Å². The minimum Gasteiger partial charge on any atom is -0.280 e. The van der Waals surface area contributed by atoms with Gasteiger partial charge < -0.3 is 0 Å². The van der Waals surface area contributed by atoms with Crippen LogP contribution < -0.4 is 4.72 Å². The summed E-state index contributed by atoms with van der Waals surface area (Å²) in [6.45, 7) is 0. The lowest BCUT2D eigenvalue weighted by atomic mass is 10.0. The van der Waals surface area contributed by atoms with Gasteiger partial charge in [-0.2, -0.15) is 0 Å². The Balaban J connectivity index is 1.80. The average molecular weight is 358 g/mol. The second-order valence-corrected chi connectivity index (χ2v) is 7.54. The van der Waals surface area contributed by atoms with E-state index in [0.29, 0.717) is 10.7 Å². The molecule has 0 radical (unpaired) electrons. The molecule has 0 aliphatic heterocycles. The van der Waals surface area contributed by atoms with E-state index in [2.05, 4.69) is 4.72 Å². The molecule has 122 valence electrons. The molecule has 0 aliphatic carbocycles. The van der Waals surface area contributed by atoms with Crippen LogP contribution in [-0.2, 0) is 16.4 Å². The third-order valence-electron chi connectivity index (χ3n) is 3.55. The average Bonchev–Trinajstić information content (AvgIpc) is 2.56. The van der Waals surface area contributed by atoms with Crippen LogP contribution in [0.5, 0.6) is 0 Å². The number of nitrogens with one attached hydrogen (secondary N) is 1. The molecule has 5 heteroatoms. The summed E-state index contributed by atoms with van der Waals surface area (Å²) >= 11 is 5.80. The first-order valence-corrected chi connectivity index (χ1v) is 9.30. The first-order valence-electron chi connectivity index (χ1n) is 7.44. The summed E-state index contributed by atoms with van der Waals surface area (Å²) in [4.78, 5) is 0.181. The van der Waals surface area contributed by atoms with Crippen LogP contribution in [0.15, 0.2) is 83.8 Å². The van der Waals surface area contributed by atoms with E-state index in [9.17, 15) is 8.42 Å². The molecule has 0 aliphatic rings. The fraction of sp³-hybridized carbons (Fsp3) is 0.0526. The third-order valence-corrected chi connectivity index (χ3v) is 5.20. The molecule has 3 rings (SSSR count). The summed E-state index contributed by atoms with van der Waals surface area (Å²) in [6, 6.07) is 23.5. The number of halogens is 1. The Labute approximate surface area is 147 Å². The number of anilines is 1. The van der Waals surface area contributed by atoms with Crippen molar-refractivity contribution in [3.8, 4) is 0 Å². The molecule has 0 unspecified atom stereocenters. The van der Waals surface area contributed by atoms with Crippen LogP contribution in [-0.4, -0.2) is 8.42 Å². The second-order valence-electron chi connectivity index (χ2n) is 5.42. The SMILES string of the molecule is O=S(=O)(Nc1cccc(Cc2ccccc2)c1)c1ccc(Cl)cc1. The van der Waals surface area contributed by atoms with E-state index in [-0.39, 0.29) is 4.90 Å². The maximum absolute atomic E-state index is 12.4. The molecule has 24 heavy (non-hydrogen) atoms. The number of rotatable bonds is 5. The van der Waals surface area contributed by atoms with Crippen LogP contribution in [0.3, 0.4) is 0 Å². The van der Waals surface area contributed by atoms with Gasteiger partial charge in [0.2, 0.25) is 0 Å². The van der Waals surface area contributed by atoms with Gasteiger partial charge in [-0.05, 0) is 53.9 Å². The molecule has 0 spiro atoms. The minimum atomic E-state index is -3.63. The maximum atomic E-state index is 12.4.